The number of nitrogens with zero attached hydrogens (tertiary/aromatic N) is 1. The van der Waals surface area contributed by atoms with E-state index in [4.69, 9.17) is 5.26 Å². The monoisotopic (exact) mass is 289 g/mol. The van der Waals surface area contributed by atoms with E-state index in [0.717, 1.165) is 23.1 Å². The van der Waals surface area contributed by atoms with Gasteiger partial charge in [-0.3, -0.25) is 0 Å². The minimum atomic E-state index is -0.0982. The van der Waals surface area contributed by atoms with E-state index in [9.17, 15) is 4.39 Å². The Kier molecular flexibility index (Phi) is 5.52. The summed E-state index contributed by atoms with van der Waals surface area (Å²) < 4.78 is 13.4. The molecule has 0 aliphatic heterocycles. The maximum atomic E-state index is 13.4. The molecule has 2 rings (SSSR count). The third kappa shape index (κ3) is 4.62. The number of benzene rings is 2. The summed E-state index contributed by atoms with van der Waals surface area (Å²) in [7, 11) is 0. The summed E-state index contributed by atoms with van der Waals surface area (Å²) in [6.07, 6.45) is 2.83. The van der Waals surface area contributed by atoms with Crippen LogP contribution >= 0.6 is 0 Å². The highest BCUT2D eigenvalue weighted by atomic mass is 19.1. The molecule has 2 aromatic carbocycles. The van der Waals surface area contributed by atoms with Crippen LogP contribution in [0.5, 0.6) is 0 Å². The first-order chi connectivity index (χ1) is 10.7. The van der Waals surface area contributed by atoms with E-state index in [1.165, 1.54) is 0 Å². The second kappa shape index (κ2) is 7.81. The van der Waals surface area contributed by atoms with Crippen molar-refractivity contribution in [2.24, 2.45) is 0 Å². The van der Waals surface area contributed by atoms with Crippen molar-refractivity contribution in [2.45, 2.75) is 19.8 Å². The van der Waals surface area contributed by atoms with E-state index in [0.29, 0.717) is 12.0 Å². The Hall–Kier alpha value is -2.84. The summed E-state index contributed by atoms with van der Waals surface area (Å²) in [6, 6.07) is 16.7. The van der Waals surface area contributed by atoms with Crippen molar-refractivity contribution in [3.63, 3.8) is 0 Å². The van der Waals surface area contributed by atoms with Crippen LogP contribution in [0, 0.1) is 23.2 Å². The summed E-state index contributed by atoms with van der Waals surface area (Å²) in [6.45, 7) is 1.95. The van der Waals surface area contributed by atoms with Gasteiger partial charge in [-0.25, -0.2) is 4.39 Å². The molecule has 0 aromatic heterocycles. The standard InChI is InChI=1S/C20H16FN/c1-2-3-20(21)14-18-10-6-16(7-11-18)4-5-17-8-12-19(15-22)13-9-17/h6-14H,2-3H2,1H3/b20-14+. The smallest absolute Gasteiger partial charge is 0.100 e. The molecule has 0 fully saturated rings. The minimum Gasteiger partial charge on any atom is -0.212 e. The Morgan fingerprint density at radius 1 is 0.955 bits per heavy atom. The van der Waals surface area contributed by atoms with Gasteiger partial charge < -0.3 is 0 Å². The molecule has 0 saturated carbocycles. The predicted molar refractivity (Wildman–Crippen MR) is 87.6 cm³/mol. The van der Waals surface area contributed by atoms with Crippen molar-refractivity contribution in [3.05, 3.63) is 76.6 Å². The number of halogens is 1. The van der Waals surface area contributed by atoms with Crippen LogP contribution < -0.4 is 0 Å². The van der Waals surface area contributed by atoms with Gasteiger partial charge in [0.25, 0.3) is 0 Å². The van der Waals surface area contributed by atoms with Crippen LogP contribution in [0.25, 0.3) is 6.08 Å². The van der Waals surface area contributed by atoms with E-state index in [2.05, 4.69) is 17.9 Å². The van der Waals surface area contributed by atoms with Gasteiger partial charge >= 0.3 is 0 Å². The van der Waals surface area contributed by atoms with Crippen LogP contribution in [0.3, 0.4) is 0 Å². The second-order valence-corrected chi connectivity index (χ2v) is 4.90. The van der Waals surface area contributed by atoms with E-state index < -0.39 is 0 Å². The molecule has 0 bridgehead atoms. The second-order valence-electron chi connectivity index (χ2n) is 4.90. The number of rotatable bonds is 3. The van der Waals surface area contributed by atoms with Gasteiger partial charge in [-0.1, -0.05) is 30.9 Å². The molecule has 0 N–H and O–H groups in total. The highest BCUT2D eigenvalue weighted by Crippen LogP contribution is 2.13. The first-order valence-corrected chi connectivity index (χ1v) is 7.19. The Morgan fingerprint density at radius 3 is 1.95 bits per heavy atom. The molecule has 2 aromatic rings. The SMILES string of the molecule is CCC/C(F)=C\c1ccc(C#Cc2ccc(C#N)cc2)cc1. The van der Waals surface area contributed by atoms with Gasteiger partial charge in [-0.05, 0) is 60.9 Å². The van der Waals surface area contributed by atoms with Gasteiger partial charge in [0.15, 0.2) is 0 Å². The molecule has 2 heteroatoms. The Balaban J connectivity index is 2.10. The zero-order valence-corrected chi connectivity index (χ0v) is 12.4. The number of hydrogen-bond donors (Lipinski definition) is 0. The molecule has 0 atom stereocenters. The maximum Gasteiger partial charge on any atom is 0.100 e. The van der Waals surface area contributed by atoms with Crippen LogP contribution in [-0.4, -0.2) is 0 Å². The fraction of sp³-hybridized carbons (Fsp3) is 0.150. The molecule has 0 saturated heterocycles. The van der Waals surface area contributed by atoms with Crippen molar-refractivity contribution in [1.29, 1.82) is 5.26 Å². The Morgan fingerprint density at radius 2 is 1.45 bits per heavy atom. The van der Waals surface area contributed by atoms with Gasteiger partial charge in [-0.2, -0.15) is 5.26 Å². The highest BCUT2D eigenvalue weighted by Gasteiger charge is 1.95. The molecule has 22 heavy (non-hydrogen) atoms. The van der Waals surface area contributed by atoms with Crippen LogP contribution in [0.2, 0.25) is 0 Å². The summed E-state index contributed by atoms with van der Waals surface area (Å²) in [5.41, 5.74) is 3.19. The van der Waals surface area contributed by atoms with Crippen LogP contribution in [0.4, 0.5) is 4.39 Å². The zero-order chi connectivity index (χ0) is 15.8. The van der Waals surface area contributed by atoms with Crippen molar-refractivity contribution in [1.82, 2.24) is 0 Å². The third-order valence-electron chi connectivity index (χ3n) is 3.09. The molecular formula is C20H16FN. The fourth-order valence-corrected chi connectivity index (χ4v) is 1.93. The molecule has 0 spiro atoms. The quantitative estimate of drug-likeness (QED) is 0.724. The highest BCUT2D eigenvalue weighted by molar-refractivity contribution is 5.54. The third-order valence-corrected chi connectivity index (χ3v) is 3.09. The van der Waals surface area contributed by atoms with Crippen molar-refractivity contribution < 1.29 is 4.39 Å². The molecular weight excluding hydrogens is 273 g/mol. The molecule has 0 radical (unpaired) electrons. The topological polar surface area (TPSA) is 23.8 Å². The average Bonchev–Trinajstić information content (AvgIpc) is 2.55. The molecule has 0 heterocycles. The first-order valence-electron chi connectivity index (χ1n) is 7.19. The number of nitriles is 1. The number of hydrogen-bond acceptors (Lipinski definition) is 1. The van der Waals surface area contributed by atoms with E-state index in [1.54, 1.807) is 18.2 Å². The summed E-state index contributed by atoms with van der Waals surface area (Å²) in [5, 5.41) is 8.74. The lowest BCUT2D eigenvalue weighted by molar-refractivity contribution is 0.591. The predicted octanol–water partition coefficient (Wildman–Crippen LogP) is 5.07. The summed E-state index contributed by atoms with van der Waals surface area (Å²) in [5.74, 6) is 6.00. The van der Waals surface area contributed by atoms with Gasteiger partial charge in [0, 0.05) is 11.1 Å². The summed E-state index contributed by atoms with van der Waals surface area (Å²) in [4.78, 5) is 0. The van der Waals surface area contributed by atoms with Gasteiger partial charge in [0.1, 0.15) is 5.83 Å². The van der Waals surface area contributed by atoms with Gasteiger partial charge in [0.2, 0.25) is 0 Å². The molecule has 0 aliphatic carbocycles. The van der Waals surface area contributed by atoms with Crippen LogP contribution in [0.15, 0.2) is 54.4 Å². The maximum absolute atomic E-state index is 13.4. The largest absolute Gasteiger partial charge is 0.212 e. The normalized spacial score (nSPS) is 10.5. The van der Waals surface area contributed by atoms with Gasteiger partial charge in [0.05, 0.1) is 11.6 Å². The van der Waals surface area contributed by atoms with Gasteiger partial charge in [-0.15, -0.1) is 0 Å². The number of allylic oxidation sites excluding steroid dienone is 1. The summed E-state index contributed by atoms with van der Waals surface area (Å²) >= 11 is 0. The average molecular weight is 289 g/mol. The van der Waals surface area contributed by atoms with Crippen molar-refractivity contribution in [3.8, 4) is 17.9 Å². The lowest BCUT2D eigenvalue weighted by Crippen LogP contribution is -1.80. The van der Waals surface area contributed by atoms with Crippen LogP contribution in [0.1, 0.15) is 42.0 Å². The lowest BCUT2D eigenvalue weighted by Gasteiger charge is -1.96. The van der Waals surface area contributed by atoms with Crippen LogP contribution in [-0.2, 0) is 0 Å². The molecule has 0 amide bonds. The Bertz CT molecular complexity index is 751. The van der Waals surface area contributed by atoms with Crippen molar-refractivity contribution in [2.75, 3.05) is 0 Å². The Labute approximate surface area is 130 Å². The van der Waals surface area contributed by atoms with Crippen molar-refractivity contribution >= 4 is 6.08 Å². The zero-order valence-electron chi connectivity index (χ0n) is 12.4. The van der Waals surface area contributed by atoms with E-state index >= 15 is 0 Å². The molecule has 108 valence electrons. The molecule has 1 nitrogen and oxygen atoms in total. The molecule has 0 aliphatic rings. The fourth-order valence-electron chi connectivity index (χ4n) is 1.93. The van der Waals surface area contributed by atoms with E-state index in [-0.39, 0.29) is 5.83 Å². The molecule has 0 unspecified atom stereocenters. The first kappa shape index (κ1) is 15.5. The van der Waals surface area contributed by atoms with E-state index in [1.807, 2.05) is 43.3 Å². The lowest BCUT2D eigenvalue weighted by atomic mass is 10.1. The minimum absolute atomic E-state index is 0.0982.